The van der Waals surface area contributed by atoms with E-state index in [1.807, 2.05) is 0 Å². The average Bonchev–Trinajstić information content (AvgIpc) is 2.19. The third-order valence-electron chi connectivity index (χ3n) is 1.91. The summed E-state index contributed by atoms with van der Waals surface area (Å²) in [6.07, 6.45) is -0.388. The summed E-state index contributed by atoms with van der Waals surface area (Å²) in [6.45, 7) is 3.28. The van der Waals surface area contributed by atoms with E-state index in [0.717, 1.165) is 6.07 Å². The maximum Gasteiger partial charge on any atom is 0.346 e. The van der Waals surface area contributed by atoms with Crippen LogP contribution in [0.1, 0.15) is 24.2 Å². The minimum atomic E-state index is -1.53. The van der Waals surface area contributed by atoms with Crippen molar-refractivity contribution < 1.29 is 19.6 Å². The number of hydrogen-bond donors (Lipinski definition) is 1. The second kappa shape index (κ2) is 5.41. The number of rotatable bonds is 4. The van der Waals surface area contributed by atoms with Gasteiger partial charge in [-0.05, 0) is 19.9 Å². The summed E-state index contributed by atoms with van der Waals surface area (Å²) in [5.41, 5.74) is -1.38. The minimum absolute atomic E-state index is 0.0864. The van der Waals surface area contributed by atoms with E-state index >= 15 is 0 Å². The molecule has 0 fully saturated rings. The van der Waals surface area contributed by atoms with Crippen molar-refractivity contribution in [2.24, 2.45) is 0 Å². The molecule has 0 aliphatic heterocycles. The number of halogens is 2. The molecule has 0 amide bonds. The van der Waals surface area contributed by atoms with Crippen molar-refractivity contribution >= 4 is 34.9 Å². The Morgan fingerprint density at radius 1 is 1.44 bits per heavy atom. The van der Waals surface area contributed by atoms with Crippen LogP contribution in [-0.2, 0) is 0 Å². The van der Waals surface area contributed by atoms with Crippen LogP contribution in [0.15, 0.2) is 6.07 Å². The highest BCUT2D eigenvalue weighted by atomic mass is 35.5. The second-order valence-electron chi connectivity index (χ2n) is 3.62. The molecule has 0 spiro atoms. The van der Waals surface area contributed by atoms with E-state index in [1.165, 1.54) is 0 Å². The lowest BCUT2D eigenvalue weighted by atomic mass is 10.1. The molecule has 1 aromatic rings. The number of nitro benzene ring substituents is 1. The predicted octanol–water partition coefficient (Wildman–Crippen LogP) is 3.39. The molecule has 0 bridgehead atoms. The molecule has 6 nitrogen and oxygen atoms in total. The van der Waals surface area contributed by atoms with Crippen LogP contribution >= 0.6 is 23.2 Å². The Kier molecular flexibility index (Phi) is 4.37. The van der Waals surface area contributed by atoms with Crippen LogP contribution in [0.25, 0.3) is 0 Å². The Labute approximate surface area is 112 Å². The molecule has 0 aliphatic rings. The van der Waals surface area contributed by atoms with Crippen molar-refractivity contribution in [3.05, 3.63) is 31.8 Å². The number of carbonyl (C=O) groups is 1. The standard InChI is InChI=1S/C10H9Cl2NO5/c1-4(2)18-9-6(12)3-5(11)8(13(16)17)7(9)10(14)15/h3-4H,1-2H3,(H,14,15). The zero-order valence-electron chi connectivity index (χ0n) is 9.44. The van der Waals surface area contributed by atoms with Crippen LogP contribution in [0, 0.1) is 10.1 Å². The summed E-state index contributed by atoms with van der Waals surface area (Å²) in [4.78, 5) is 21.1. The largest absolute Gasteiger partial charge is 0.488 e. The molecular formula is C10H9Cl2NO5. The van der Waals surface area contributed by atoms with Gasteiger partial charge in [-0.15, -0.1) is 0 Å². The van der Waals surface area contributed by atoms with Crippen LogP contribution in [0.2, 0.25) is 10.0 Å². The van der Waals surface area contributed by atoms with Gasteiger partial charge in [0.15, 0.2) is 11.3 Å². The van der Waals surface area contributed by atoms with Gasteiger partial charge in [0.2, 0.25) is 0 Å². The smallest absolute Gasteiger partial charge is 0.346 e. The van der Waals surface area contributed by atoms with Crippen molar-refractivity contribution in [2.45, 2.75) is 20.0 Å². The number of nitrogens with zero attached hydrogens (tertiary/aromatic N) is 1. The zero-order valence-corrected chi connectivity index (χ0v) is 10.9. The fraction of sp³-hybridized carbons (Fsp3) is 0.300. The molecule has 0 heterocycles. The van der Waals surface area contributed by atoms with Crippen LogP contribution in [0.3, 0.4) is 0 Å². The molecule has 98 valence electrons. The highest BCUT2D eigenvalue weighted by Gasteiger charge is 2.31. The lowest BCUT2D eigenvalue weighted by molar-refractivity contribution is -0.385. The van der Waals surface area contributed by atoms with Crippen LogP contribution in [0.4, 0.5) is 5.69 Å². The molecule has 0 aliphatic carbocycles. The third kappa shape index (κ3) is 2.83. The SMILES string of the molecule is CC(C)Oc1c(Cl)cc(Cl)c([N+](=O)[O-])c1C(=O)O. The highest BCUT2D eigenvalue weighted by Crippen LogP contribution is 2.41. The van der Waals surface area contributed by atoms with Crippen LogP contribution < -0.4 is 4.74 Å². The van der Waals surface area contributed by atoms with E-state index in [9.17, 15) is 14.9 Å². The van der Waals surface area contributed by atoms with Crippen molar-refractivity contribution in [3.8, 4) is 5.75 Å². The van der Waals surface area contributed by atoms with Gasteiger partial charge < -0.3 is 9.84 Å². The summed E-state index contributed by atoms with van der Waals surface area (Å²) in [5.74, 6) is -1.78. The average molecular weight is 294 g/mol. The molecule has 0 aromatic heterocycles. The summed E-state index contributed by atoms with van der Waals surface area (Å²) in [7, 11) is 0. The Bertz CT molecular complexity index is 515. The fourth-order valence-corrected chi connectivity index (χ4v) is 1.90. The van der Waals surface area contributed by atoms with E-state index in [1.54, 1.807) is 13.8 Å². The highest BCUT2D eigenvalue weighted by molar-refractivity contribution is 6.38. The first-order valence-corrected chi connectivity index (χ1v) is 5.57. The molecule has 0 saturated carbocycles. The number of aromatic carboxylic acids is 1. The van der Waals surface area contributed by atoms with Gasteiger partial charge in [0.1, 0.15) is 5.02 Å². The molecule has 1 rings (SSSR count). The summed E-state index contributed by atoms with van der Waals surface area (Å²) >= 11 is 11.4. The number of carboxylic acid groups (broad SMARTS) is 1. The van der Waals surface area contributed by atoms with E-state index in [2.05, 4.69) is 0 Å². The normalized spacial score (nSPS) is 10.5. The molecule has 1 N–H and O–H groups in total. The molecule has 1 aromatic carbocycles. The lowest BCUT2D eigenvalue weighted by Gasteiger charge is -2.14. The van der Waals surface area contributed by atoms with Gasteiger partial charge in [0, 0.05) is 0 Å². The van der Waals surface area contributed by atoms with Crippen molar-refractivity contribution in [3.63, 3.8) is 0 Å². The van der Waals surface area contributed by atoms with Gasteiger partial charge in [-0.2, -0.15) is 0 Å². The Hall–Kier alpha value is -1.53. The monoisotopic (exact) mass is 293 g/mol. The van der Waals surface area contributed by atoms with Gasteiger partial charge in [-0.1, -0.05) is 23.2 Å². The van der Waals surface area contributed by atoms with Crippen molar-refractivity contribution in [2.75, 3.05) is 0 Å². The van der Waals surface area contributed by atoms with Gasteiger partial charge >= 0.3 is 11.7 Å². The summed E-state index contributed by atoms with van der Waals surface area (Å²) < 4.78 is 5.21. The molecule has 8 heteroatoms. The van der Waals surface area contributed by atoms with Crippen molar-refractivity contribution in [1.29, 1.82) is 0 Å². The fourth-order valence-electron chi connectivity index (χ4n) is 1.32. The number of hydrogen-bond acceptors (Lipinski definition) is 4. The number of nitro groups is 1. The maximum atomic E-state index is 11.1. The van der Waals surface area contributed by atoms with Gasteiger partial charge in [-0.25, -0.2) is 4.79 Å². The Morgan fingerprint density at radius 3 is 2.39 bits per heavy atom. The first-order valence-electron chi connectivity index (χ1n) is 4.82. The molecule has 0 atom stereocenters. The number of benzene rings is 1. The first kappa shape index (κ1) is 14.5. The Morgan fingerprint density at radius 2 is 2.00 bits per heavy atom. The van der Waals surface area contributed by atoms with Gasteiger partial charge in [0.05, 0.1) is 16.0 Å². The second-order valence-corrected chi connectivity index (χ2v) is 4.44. The minimum Gasteiger partial charge on any atom is -0.488 e. The van der Waals surface area contributed by atoms with E-state index in [0.29, 0.717) is 0 Å². The van der Waals surface area contributed by atoms with Crippen LogP contribution in [0.5, 0.6) is 5.75 Å². The molecule has 0 unspecified atom stereocenters. The maximum absolute atomic E-state index is 11.1. The number of carboxylic acids is 1. The van der Waals surface area contributed by atoms with Crippen molar-refractivity contribution in [1.82, 2.24) is 0 Å². The number of ether oxygens (including phenoxy) is 1. The summed E-state index contributed by atoms with van der Waals surface area (Å²) in [6, 6.07) is 1.09. The molecule has 0 saturated heterocycles. The Balaban J connectivity index is 3.63. The quantitative estimate of drug-likeness (QED) is 0.679. The van der Waals surface area contributed by atoms with E-state index in [-0.39, 0.29) is 21.9 Å². The zero-order chi connectivity index (χ0) is 14.0. The molecule has 0 radical (unpaired) electrons. The van der Waals surface area contributed by atoms with Crippen LogP contribution in [-0.4, -0.2) is 22.1 Å². The molecule has 18 heavy (non-hydrogen) atoms. The third-order valence-corrected chi connectivity index (χ3v) is 2.48. The van der Waals surface area contributed by atoms with Gasteiger partial charge in [0.25, 0.3) is 0 Å². The van der Waals surface area contributed by atoms with Gasteiger partial charge in [-0.3, -0.25) is 10.1 Å². The topological polar surface area (TPSA) is 89.7 Å². The van der Waals surface area contributed by atoms with E-state index in [4.69, 9.17) is 33.0 Å². The first-order chi connectivity index (χ1) is 8.25. The summed E-state index contributed by atoms with van der Waals surface area (Å²) in [5, 5.41) is 19.5. The van der Waals surface area contributed by atoms with E-state index < -0.39 is 22.1 Å². The predicted molar refractivity (Wildman–Crippen MR) is 65.8 cm³/mol. The molecular weight excluding hydrogens is 285 g/mol. The lowest BCUT2D eigenvalue weighted by Crippen LogP contribution is -2.12.